The number of hydrogen-bond acceptors (Lipinski definition) is 7. The Kier molecular flexibility index (Phi) is 4.21. The third-order valence-electron chi connectivity index (χ3n) is 5.38. The highest BCUT2D eigenvalue weighted by Gasteiger charge is 2.33. The first-order valence-corrected chi connectivity index (χ1v) is 9.54. The van der Waals surface area contributed by atoms with E-state index in [2.05, 4.69) is 15.4 Å². The van der Waals surface area contributed by atoms with Gasteiger partial charge in [-0.25, -0.2) is 0 Å². The van der Waals surface area contributed by atoms with Crippen LogP contribution in [-0.4, -0.2) is 54.9 Å². The van der Waals surface area contributed by atoms with E-state index in [-0.39, 0.29) is 18.7 Å². The molecule has 1 fully saturated rings. The number of carboxylic acid groups (broad SMARTS) is 1. The van der Waals surface area contributed by atoms with E-state index < -0.39 is 5.97 Å². The normalized spacial score (nSPS) is 15.4. The predicted molar refractivity (Wildman–Crippen MR) is 107 cm³/mol. The summed E-state index contributed by atoms with van der Waals surface area (Å²) in [5.41, 5.74) is 3.86. The molecule has 0 spiro atoms. The van der Waals surface area contributed by atoms with Crippen molar-refractivity contribution in [1.82, 2.24) is 5.16 Å². The second-order valence-corrected chi connectivity index (χ2v) is 7.10. The quantitative estimate of drug-likeness (QED) is 0.533. The van der Waals surface area contributed by atoms with Crippen LogP contribution in [0.5, 0.6) is 0 Å². The van der Waals surface area contributed by atoms with Crippen molar-refractivity contribution < 1.29 is 24.0 Å². The van der Waals surface area contributed by atoms with Crippen LogP contribution >= 0.6 is 0 Å². The molecule has 5 rings (SSSR count). The number of aromatic nitrogens is 1. The third kappa shape index (κ3) is 2.84. The molecule has 0 atom stereocenters. The molecule has 1 aliphatic carbocycles. The minimum Gasteiger partial charge on any atom is -0.481 e. The fourth-order valence-corrected chi connectivity index (χ4v) is 4.03. The van der Waals surface area contributed by atoms with Gasteiger partial charge in [0.05, 0.1) is 36.3 Å². The Labute approximate surface area is 166 Å². The average Bonchev–Trinajstić information content (AvgIpc) is 3.18. The molecule has 0 radical (unpaired) electrons. The lowest BCUT2D eigenvalue weighted by molar-refractivity contribution is -0.136. The summed E-state index contributed by atoms with van der Waals surface area (Å²) in [5.74, 6) is -0.447. The molecule has 2 heterocycles. The monoisotopic (exact) mass is 393 g/mol. The van der Waals surface area contributed by atoms with Gasteiger partial charge in [0, 0.05) is 36.4 Å². The van der Waals surface area contributed by atoms with Gasteiger partial charge < -0.3 is 24.6 Å². The van der Waals surface area contributed by atoms with Crippen LogP contribution in [0, 0.1) is 0 Å². The Morgan fingerprint density at radius 3 is 2.72 bits per heavy atom. The first-order valence-electron chi connectivity index (χ1n) is 9.54. The van der Waals surface area contributed by atoms with E-state index in [4.69, 9.17) is 14.4 Å². The summed E-state index contributed by atoms with van der Waals surface area (Å²) in [4.78, 5) is 26.5. The maximum absolute atomic E-state index is 13.3. The zero-order valence-corrected chi connectivity index (χ0v) is 15.6. The highest BCUT2D eigenvalue weighted by molar-refractivity contribution is 6.28. The lowest BCUT2D eigenvalue weighted by Gasteiger charge is -2.30. The SMILES string of the molecule is O=C(O)CCNc1cc(N2CCOCC2)c2noc3c2c1C(=O)c1ccccc1-3. The van der Waals surface area contributed by atoms with Crippen LogP contribution in [0.4, 0.5) is 11.4 Å². The average molecular weight is 393 g/mol. The fraction of sp³-hybridized carbons (Fsp3) is 0.286. The van der Waals surface area contributed by atoms with Gasteiger partial charge in [-0.3, -0.25) is 9.59 Å². The molecular formula is C21H19N3O5. The van der Waals surface area contributed by atoms with Crippen LogP contribution in [-0.2, 0) is 9.53 Å². The fourth-order valence-electron chi connectivity index (χ4n) is 4.03. The molecular weight excluding hydrogens is 374 g/mol. The molecule has 8 heteroatoms. The number of benzene rings is 2. The summed E-state index contributed by atoms with van der Waals surface area (Å²) >= 11 is 0. The van der Waals surface area contributed by atoms with E-state index in [1.807, 2.05) is 24.3 Å². The van der Waals surface area contributed by atoms with Gasteiger partial charge >= 0.3 is 5.97 Å². The summed E-state index contributed by atoms with van der Waals surface area (Å²) in [6.07, 6.45) is -0.0500. The van der Waals surface area contributed by atoms with E-state index in [0.29, 0.717) is 59.8 Å². The molecule has 0 bridgehead atoms. The molecule has 29 heavy (non-hydrogen) atoms. The standard InChI is InChI=1S/C21H19N3O5/c25-16(26)5-6-22-14-11-15(24-7-9-28-10-8-24)19-18-17(14)20(27)12-3-1-2-4-13(12)21(18)29-23-19/h1-4,11,22H,5-10H2,(H,25,26). The summed E-state index contributed by atoms with van der Waals surface area (Å²) in [6, 6.07) is 9.18. The lowest BCUT2D eigenvalue weighted by Crippen LogP contribution is -2.36. The molecule has 2 N–H and O–H groups in total. The number of carboxylic acids is 1. The maximum Gasteiger partial charge on any atom is 0.305 e. The minimum atomic E-state index is -0.900. The van der Waals surface area contributed by atoms with Gasteiger partial charge in [-0.1, -0.05) is 29.4 Å². The van der Waals surface area contributed by atoms with Crippen molar-refractivity contribution in [3.63, 3.8) is 0 Å². The van der Waals surface area contributed by atoms with E-state index in [1.165, 1.54) is 0 Å². The molecule has 0 amide bonds. The van der Waals surface area contributed by atoms with Gasteiger partial charge in [0.15, 0.2) is 11.5 Å². The van der Waals surface area contributed by atoms with Gasteiger partial charge in [-0.05, 0) is 6.07 Å². The third-order valence-corrected chi connectivity index (χ3v) is 5.38. The number of aliphatic carboxylic acids is 1. The zero-order valence-electron chi connectivity index (χ0n) is 15.6. The first kappa shape index (κ1) is 17.7. The largest absolute Gasteiger partial charge is 0.481 e. The number of carbonyl (C=O) groups excluding carboxylic acids is 1. The van der Waals surface area contributed by atoms with Crippen molar-refractivity contribution in [3.8, 4) is 11.3 Å². The maximum atomic E-state index is 13.3. The molecule has 2 aliphatic rings. The number of nitrogens with one attached hydrogen (secondary N) is 1. The topological polar surface area (TPSA) is 105 Å². The van der Waals surface area contributed by atoms with Crippen molar-refractivity contribution in [3.05, 3.63) is 41.5 Å². The van der Waals surface area contributed by atoms with Crippen LogP contribution in [0.3, 0.4) is 0 Å². The number of morpholine rings is 1. The Balaban J connectivity index is 1.72. The molecule has 0 unspecified atom stereocenters. The Bertz CT molecular complexity index is 1130. The van der Waals surface area contributed by atoms with E-state index >= 15 is 0 Å². The molecule has 148 valence electrons. The Morgan fingerprint density at radius 2 is 1.97 bits per heavy atom. The van der Waals surface area contributed by atoms with Crippen molar-refractivity contribution in [2.45, 2.75) is 6.42 Å². The van der Waals surface area contributed by atoms with Crippen molar-refractivity contribution in [2.75, 3.05) is 43.1 Å². The zero-order chi connectivity index (χ0) is 20.0. The number of ether oxygens (including phenoxy) is 1. The van der Waals surface area contributed by atoms with E-state index in [9.17, 15) is 9.59 Å². The van der Waals surface area contributed by atoms with Crippen LogP contribution in [0.2, 0.25) is 0 Å². The summed E-state index contributed by atoms with van der Waals surface area (Å²) < 4.78 is 11.2. The van der Waals surface area contributed by atoms with Crippen molar-refractivity contribution in [1.29, 1.82) is 0 Å². The summed E-state index contributed by atoms with van der Waals surface area (Å²) in [5, 5.41) is 17.1. The van der Waals surface area contributed by atoms with E-state index in [0.717, 1.165) is 11.3 Å². The molecule has 2 aromatic carbocycles. The number of ketones is 1. The second-order valence-electron chi connectivity index (χ2n) is 7.10. The van der Waals surface area contributed by atoms with Crippen molar-refractivity contribution in [2.24, 2.45) is 0 Å². The molecule has 0 saturated carbocycles. The van der Waals surface area contributed by atoms with Crippen molar-refractivity contribution >= 4 is 34.0 Å². The minimum absolute atomic E-state index is 0.0500. The highest BCUT2D eigenvalue weighted by atomic mass is 16.5. The molecule has 8 nitrogen and oxygen atoms in total. The predicted octanol–water partition coefficient (Wildman–Crippen LogP) is 2.76. The van der Waals surface area contributed by atoms with Gasteiger partial charge in [-0.15, -0.1) is 0 Å². The summed E-state index contributed by atoms with van der Waals surface area (Å²) in [6.45, 7) is 2.84. The second kappa shape index (κ2) is 6.89. The number of hydrogen-bond donors (Lipinski definition) is 2. The first-order chi connectivity index (χ1) is 14.1. The van der Waals surface area contributed by atoms with Gasteiger partial charge in [0.1, 0.15) is 5.52 Å². The lowest BCUT2D eigenvalue weighted by atomic mass is 9.86. The number of fused-ring (bicyclic) bond motifs is 2. The van der Waals surface area contributed by atoms with E-state index in [1.54, 1.807) is 6.07 Å². The Hall–Kier alpha value is -3.39. The van der Waals surface area contributed by atoms with Gasteiger partial charge in [0.25, 0.3) is 0 Å². The van der Waals surface area contributed by atoms with Gasteiger partial charge in [0.2, 0.25) is 0 Å². The molecule has 1 aliphatic heterocycles. The van der Waals surface area contributed by atoms with Gasteiger partial charge in [-0.2, -0.15) is 0 Å². The van der Waals surface area contributed by atoms with Crippen LogP contribution < -0.4 is 10.2 Å². The number of nitrogens with zero attached hydrogens (tertiary/aromatic N) is 2. The Morgan fingerprint density at radius 1 is 1.21 bits per heavy atom. The molecule has 1 saturated heterocycles. The number of anilines is 2. The number of rotatable bonds is 5. The van der Waals surface area contributed by atoms with Crippen LogP contribution in [0.15, 0.2) is 34.9 Å². The number of carbonyl (C=O) groups is 2. The molecule has 1 aromatic heterocycles. The molecule has 3 aromatic rings. The smallest absolute Gasteiger partial charge is 0.305 e. The van der Waals surface area contributed by atoms with Crippen LogP contribution in [0.25, 0.3) is 22.2 Å². The van der Waals surface area contributed by atoms with Crippen LogP contribution in [0.1, 0.15) is 22.3 Å². The summed E-state index contributed by atoms with van der Waals surface area (Å²) in [7, 11) is 0. The highest BCUT2D eigenvalue weighted by Crippen LogP contribution is 2.45.